The van der Waals surface area contributed by atoms with E-state index < -0.39 is 0 Å². The molecule has 0 aliphatic carbocycles. The minimum atomic E-state index is 0.140. The zero-order valence-corrected chi connectivity index (χ0v) is 15.4. The molecule has 1 aromatic carbocycles. The molecule has 2 heterocycles. The van der Waals surface area contributed by atoms with Crippen molar-refractivity contribution in [2.75, 3.05) is 42.1 Å². The summed E-state index contributed by atoms with van der Waals surface area (Å²) < 4.78 is 3.17. The highest BCUT2D eigenvalue weighted by Gasteiger charge is 2.22. The Morgan fingerprint density at radius 3 is 2.46 bits per heavy atom. The highest BCUT2D eigenvalue weighted by Crippen LogP contribution is 2.16. The second-order valence-corrected chi connectivity index (χ2v) is 6.55. The minimum Gasteiger partial charge on any atom is -0.352 e. The maximum Gasteiger partial charge on any atom is 0.227 e. The number of carbonyl (C=O) groups excluding carboxylic acids is 1. The molecular weight excluding hydrogens is 348 g/mol. The maximum absolute atomic E-state index is 12.5. The molecule has 0 bridgehead atoms. The normalized spacial score (nSPS) is 14.0. The number of nitrogens with zero attached hydrogens (tertiary/aromatic N) is 5. The Kier molecular flexibility index (Phi) is 5.92. The summed E-state index contributed by atoms with van der Waals surface area (Å²) in [5.41, 5.74) is 2.36. The molecule has 0 spiro atoms. The predicted molar refractivity (Wildman–Crippen MR) is 103 cm³/mol. The highest BCUT2D eigenvalue weighted by molar-refractivity contribution is 7.99. The van der Waals surface area contributed by atoms with E-state index in [0.29, 0.717) is 38.3 Å². The molecule has 3 rings (SSSR count). The first-order valence-electron chi connectivity index (χ1n) is 8.34. The summed E-state index contributed by atoms with van der Waals surface area (Å²) in [5.74, 6) is 0.883. The molecule has 0 atom stereocenters. The maximum atomic E-state index is 12.5. The van der Waals surface area contributed by atoms with E-state index in [2.05, 4.69) is 19.8 Å². The van der Waals surface area contributed by atoms with Crippen molar-refractivity contribution in [3.8, 4) is 6.07 Å². The van der Waals surface area contributed by atoms with Crippen LogP contribution < -0.4 is 9.62 Å². The lowest BCUT2D eigenvalue weighted by atomic mass is 10.1. The number of rotatable bonds is 5. The second kappa shape index (κ2) is 8.54. The van der Waals surface area contributed by atoms with Gasteiger partial charge in [-0.25, -0.2) is 0 Å². The van der Waals surface area contributed by atoms with Gasteiger partial charge in [0, 0.05) is 38.1 Å². The van der Waals surface area contributed by atoms with E-state index >= 15 is 0 Å². The van der Waals surface area contributed by atoms with Gasteiger partial charge in [0.15, 0.2) is 11.5 Å². The number of carbonyl (C=O) groups is 1. The van der Waals surface area contributed by atoms with Crippen molar-refractivity contribution in [2.45, 2.75) is 6.42 Å². The van der Waals surface area contributed by atoms with Gasteiger partial charge >= 0.3 is 0 Å². The van der Waals surface area contributed by atoms with Crippen LogP contribution in [-0.4, -0.2) is 53.4 Å². The molecule has 8 heteroatoms. The molecule has 0 radical (unpaired) electrons. The average Bonchev–Trinajstić information content (AvgIpc) is 2.70. The number of benzene rings is 1. The molecule has 1 fully saturated rings. The molecular formula is C18H20N6OS. The first-order valence-corrected chi connectivity index (χ1v) is 9.56. The molecule has 1 saturated heterocycles. The molecule has 26 heavy (non-hydrogen) atoms. The van der Waals surface area contributed by atoms with Crippen molar-refractivity contribution in [3.05, 3.63) is 47.7 Å². The SMILES string of the molecule is CSNc1ccc(CC(=O)N2CCN(c3ccc(C#N)nn3)CC2)cc1. The van der Waals surface area contributed by atoms with Crippen LogP contribution in [0.25, 0.3) is 0 Å². The summed E-state index contributed by atoms with van der Waals surface area (Å²) in [6, 6.07) is 13.4. The Labute approximate surface area is 157 Å². The van der Waals surface area contributed by atoms with Gasteiger partial charge in [0.25, 0.3) is 0 Å². The molecule has 0 saturated carbocycles. The summed E-state index contributed by atoms with van der Waals surface area (Å²) in [6.45, 7) is 2.74. The number of piperazine rings is 1. The number of aromatic nitrogens is 2. The van der Waals surface area contributed by atoms with E-state index in [-0.39, 0.29) is 5.91 Å². The Balaban J connectivity index is 1.52. The molecule has 134 valence electrons. The Morgan fingerprint density at radius 2 is 1.88 bits per heavy atom. The zero-order valence-electron chi connectivity index (χ0n) is 14.6. The molecule has 2 aromatic rings. The van der Waals surface area contributed by atoms with E-state index in [1.54, 1.807) is 24.1 Å². The van der Waals surface area contributed by atoms with Crippen LogP contribution in [-0.2, 0) is 11.2 Å². The quantitative estimate of drug-likeness (QED) is 0.807. The summed E-state index contributed by atoms with van der Waals surface area (Å²) >= 11 is 1.54. The van der Waals surface area contributed by atoms with Crippen LogP contribution in [0.2, 0.25) is 0 Å². The third-order valence-corrected chi connectivity index (χ3v) is 4.69. The van der Waals surface area contributed by atoms with E-state index in [1.165, 1.54) is 0 Å². The largest absolute Gasteiger partial charge is 0.352 e. The van der Waals surface area contributed by atoms with E-state index in [0.717, 1.165) is 17.1 Å². The Hall–Kier alpha value is -2.79. The third kappa shape index (κ3) is 4.43. The van der Waals surface area contributed by atoms with Crippen molar-refractivity contribution in [1.29, 1.82) is 5.26 Å². The van der Waals surface area contributed by atoms with Crippen molar-refractivity contribution in [3.63, 3.8) is 0 Å². The summed E-state index contributed by atoms with van der Waals surface area (Å²) in [5, 5.41) is 16.7. The van der Waals surface area contributed by atoms with Crippen LogP contribution in [0.4, 0.5) is 11.5 Å². The van der Waals surface area contributed by atoms with E-state index in [4.69, 9.17) is 5.26 Å². The Bertz CT molecular complexity index is 779. The lowest BCUT2D eigenvalue weighted by Crippen LogP contribution is -2.49. The van der Waals surface area contributed by atoms with Crippen molar-refractivity contribution >= 4 is 29.4 Å². The van der Waals surface area contributed by atoms with Crippen molar-refractivity contribution in [2.24, 2.45) is 0 Å². The molecule has 0 unspecified atom stereocenters. The van der Waals surface area contributed by atoms with Gasteiger partial charge in [-0.2, -0.15) is 5.26 Å². The number of amides is 1. The van der Waals surface area contributed by atoms with Gasteiger partial charge in [0.1, 0.15) is 6.07 Å². The minimum absolute atomic E-state index is 0.140. The first kappa shape index (κ1) is 18.0. The number of anilines is 2. The number of nitrogens with one attached hydrogen (secondary N) is 1. The molecule has 1 N–H and O–H groups in total. The summed E-state index contributed by atoms with van der Waals surface area (Å²) in [6.07, 6.45) is 2.39. The van der Waals surface area contributed by atoms with Crippen LogP contribution in [0.15, 0.2) is 36.4 Å². The van der Waals surface area contributed by atoms with Gasteiger partial charge in [0.05, 0.1) is 6.42 Å². The fourth-order valence-corrected chi connectivity index (χ4v) is 3.21. The van der Waals surface area contributed by atoms with Crippen molar-refractivity contribution < 1.29 is 4.79 Å². The van der Waals surface area contributed by atoms with Gasteiger partial charge in [-0.3, -0.25) is 4.79 Å². The van der Waals surface area contributed by atoms with Crippen LogP contribution in [0.3, 0.4) is 0 Å². The lowest BCUT2D eigenvalue weighted by molar-refractivity contribution is -0.130. The predicted octanol–water partition coefficient (Wildman–Crippen LogP) is 1.93. The number of hydrogen-bond acceptors (Lipinski definition) is 7. The van der Waals surface area contributed by atoms with E-state index in [9.17, 15) is 4.79 Å². The molecule has 1 aromatic heterocycles. The smallest absolute Gasteiger partial charge is 0.227 e. The monoisotopic (exact) mass is 368 g/mol. The van der Waals surface area contributed by atoms with Gasteiger partial charge in [-0.05, 0) is 29.8 Å². The topological polar surface area (TPSA) is 85.2 Å². The number of hydrogen-bond donors (Lipinski definition) is 1. The Morgan fingerprint density at radius 1 is 1.15 bits per heavy atom. The second-order valence-electron chi connectivity index (χ2n) is 5.94. The highest BCUT2D eigenvalue weighted by atomic mass is 32.2. The van der Waals surface area contributed by atoms with E-state index in [1.807, 2.05) is 41.5 Å². The number of nitriles is 1. The molecule has 1 aliphatic rings. The van der Waals surface area contributed by atoms with Gasteiger partial charge in [-0.15, -0.1) is 10.2 Å². The summed E-state index contributed by atoms with van der Waals surface area (Å²) in [4.78, 5) is 16.5. The summed E-state index contributed by atoms with van der Waals surface area (Å²) in [7, 11) is 0. The third-order valence-electron chi connectivity index (χ3n) is 4.25. The molecule has 1 amide bonds. The van der Waals surface area contributed by atoms with Gasteiger partial charge < -0.3 is 14.5 Å². The van der Waals surface area contributed by atoms with Crippen LogP contribution >= 0.6 is 11.9 Å². The fourth-order valence-electron chi connectivity index (χ4n) is 2.83. The molecule has 1 aliphatic heterocycles. The van der Waals surface area contributed by atoms with Crippen LogP contribution in [0.5, 0.6) is 0 Å². The van der Waals surface area contributed by atoms with Gasteiger partial charge in [-0.1, -0.05) is 24.1 Å². The lowest BCUT2D eigenvalue weighted by Gasteiger charge is -2.35. The average molecular weight is 368 g/mol. The van der Waals surface area contributed by atoms with Gasteiger partial charge in [0.2, 0.25) is 5.91 Å². The van der Waals surface area contributed by atoms with Crippen molar-refractivity contribution in [1.82, 2.24) is 15.1 Å². The fraction of sp³-hybridized carbons (Fsp3) is 0.333. The molecule has 7 nitrogen and oxygen atoms in total. The van der Waals surface area contributed by atoms with Crippen LogP contribution in [0, 0.1) is 11.3 Å². The zero-order chi connectivity index (χ0) is 18.4. The standard InChI is InChI=1S/C18H20N6OS/c1-26-22-15-4-2-14(3-5-15)12-18(25)24-10-8-23(9-11-24)17-7-6-16(13-19)20-21-17/h2-7,22H,8-12H2,1H3. The first-order chi connectivity index (χ1) is 12.7. The van der Waals surface area contributed by atoms with Crippen LogP contribution in [0.1, 0.15) is 11.3 Å².